The summed E-state index contributed by atoms with van der Waals surface area (Å²) >= 11 is 0. The van der Waals surface area contributed by atoms with Crippen LogP contribution in [0.3, 0.4) is 0 Å². The van der Waals surface area contributed by atoms with Gasteiger partial charge in [0.15, 0.2) is 0 Å². The fraction of sp³-hybridized carbons (Fsp3) is 0.324. The molecule has 1 aromatic heterocycles. The zero-order valence-corrected chi connectivity index (χ0v) is 24.3. The van der Waals surface area contributed by atoms with E-state index in [1.807, 2.05) is 78.9 Å². The lowest BCUT2D eigenvalue weighted by molar-refractivity contribution is -0.159. The highest BCUT2D eigenvalue weighted by molar-refractivity contribution is 5.88. The van der Waals surface area contributed by atoms with Gasteiger partial charge in [0, 0.05) is 17.7 Å². The third-order valence-electron chi connectivity index (χ3n) is 8.09. The Kier molecular flexibility index (Phi) is 7.22. The SMILES string of the molecule is CC(C)(C)OC(=O)C1CC(NCc2cc3ccccc3o2)(C(=O)O)CN1C(=O)OCC1c2ccccc2-c2ccccc21. The number of likely N-dealkylation sites (tertiary alicyclic amines) is 1. The van der Waals surface area contributed by atoms with Gasteiger partial charge in [-0.25, -0.2) is 9.59 Å². The van der Waals surface area contributed by atoms with Crippen LogP contribution in [0.25, 0.3) is 22.1 Å². The van der Waals surface area contributed by atoms with Crippen LogP contribution in [0, 0.1) is 0 Å². The van der Waals surface area contributed by atoms with Crippen LogP contribution >= 0.6 is 0 Å². The van der Waals surface area contributed by atoms with Crippen LogP contribution in [-0.2, 0) is 25.6 Å². The fourth-order valence-corrected chi connectivity index (χ4v) is 6.09. The third-order valence-corrected chi connectivity index (χ3v) is 8.09. The largest absolute Gasteiger partial charge is 0.480 e. The number of fused-ring (bicyclic) bond motifs is 4. The highest BCUT2D eigenvalue weighted by Crippen LogP contribution is 2.44. The van der Waals surface area contributed by atoms with Gasteiger partial charge in [0.25, 0.3) is 0 Å². The van der Waals surface area contributed by atoms with Crippen molar-refractivity contribution in [2.75, 3.05) is 13.2 Å². The predicted octanol–water partition coefficient (Wildman–Crippen LogP) is 5.71. The maximum Gasteiger partial charge on any atom is 0.410 e. The number of carboxylic acids is 1. The minimum Gasteiger partial charge on any atom is -0.480 e. The number of hydrogen-bond donors (Lipinski definition) is 2. The summed E-state index contributed by atoms with van der Waals surface area (Å²) in [7, 11) is 0. The molecule has 1 saturated heterocycles. The van der Waals surface area contributed by atoms with Crippen LogP contribution in [0.5, 0.6) is 0 Å². The number of ether oxygens (including phenoxy) is 2. The van der Waals surface area contributed by atoms with Crippen molar-refractivity contribution in [1.29, 1.82) is 0 Å². The molecule has 3 aromatic carbocycles. The molecular formula is C34H34N2O7. The predicted molar refractivity (Wildman–Crippen MR) is 159 cm³/mol. The Bertz CT molecular complexity index is 1630. The van der Waals surface area contributed by atoms with Crippen molar-refractivity contribution in [3.8, 4) is 11.1 Å². The van der Waals surface area contributed by atoms with Crippen LogP contribution in [0.15, 0.2) is 83.3 Å². The molecule has 1 aliphatic heterocycles. The van der Waals surface area contributed by atoms with Crippen molar-refractivity contribution in [1.82, 2.24) is 10.2 Å². The second-order valence-corrected chi connectivity index (χ2v) is 12.2. The van der Waals surface area contributed by atoms with Gasteiger partial charge in [0.05, 0.1) is 13.1 Å². The van der Waals surface area contributed by atoms with Gasteiger partial charge in [0.1, 0.15) is 35.1 Å². The number of carboxylic acid groups (broad SMARTS) is 1. The standard InChI is InChI=1S/C34H34N2O7/c1-33(2,3)43-30(37)28-17-34(31(38)39,35-18-22-16-21-10-4-9-15-29(21)42-22)20-36(28)32(40)41-19-27-25-13-7-5-11-23(25)24-12-6-8-14-26(24)27/h4-16,27-28,35H,17-20H2,1-3H3,(H,38,39). The minimum atomic E-state index is -1.63. The lowest BCUT2D eigenvalue weighted by Gasteiger charge is -2.27. The smallest absolute Gasteiger partial charge is 0.410 e. The monoisotopic (exact) mass is 582 g/mol. The van der Waals surface area contributed by atoms with Gasteiger partial charge in [-0.1, -0.05) is 66.7 Å². The average Bonchev–Trinajstić information content (AvgIpc) is 3.66. The van der Waals surface area contributed by atoms with Crippen molar-refractivity contribution in [3.63, 3.8) is 0 Å². The Morgan fingerprint density at radius 2 is 1.60 bits per heavy atom. The summed E-state index contributed by atoms with van der Waals surface area (Å²) in [5.41, 5.74) is 2.50. The summed E-state index contributed by atoms with van der Waals surface area (Å²) in [5.74, 6) is -1.52. The lowest BCUT2D eigenvalue weighted by Crippen LogP contribution is -2.54. The van der Waals surface area contributed by atoms with E-state index in [1.165, 1.54) is 4.90 Å². The summed E-state index contributed by atoms with van der Waals surface area (Å²) in [5, 5.41) is 14.4. The number of amides is 1. The summed E-state index contributed by atoms with van der Waals surface area (Å²) in [6.45, 7) is 5.01. The van der Waals surface area contributed by atoms with E-state index >= 15 is 0 Å². The fourth-order valence-electron chi connectivity index (χ4n) is 6.09. The average molecular weight is 583 g/mol. The van der Waals surface area contributed by atoms with Gasteiger partial charge in [0.2, 0.25) is 0 Å². The van der Waals surface area contributed by atoms with E-state index in [1.54, 1.807) is 20.8 Å². The number of nitrogens with zero attached hydrogens (tertiary/aromatic N) is 1. The molecule has 0 radical (unpaired) electrons. The molecule has 9 nitrogen and oxygen atoms in total. The lowest BCUT2D eigenvalue weighted by atomic mass is 9.95. The van der Waals surface area contributed by atoms with Crippen LogP contribution in [0.4, 0.5) is 4.79 Å². The molecule has 2 atom stereocenters. The molecule has 43 heavy (non-hydrogen) atoms. The number of hydrogen-bond acceptors (Lipinski definition) is 7. The molecule has 2 aliphatic rings. The maximum atomic E-state index is 13.7. The molecule has 2 unspecified atom stereocenters. The number of esters is 1. The van der Waals surface area contributed by atoms with E-state index in [0.717, 1.165) is 27.6 Å². The van der Waals surface area contributed by atoms with Crippen LogP contribution in [0.1, 0.15) is 50.0 Å². The number of carbonyl (C=O) groups excluding carboxylic acids is 2. The Hall–Kier alpha value is -4.63. The molecular weight excluding hydrogens is 548 g/mol. The zero-order chi connectivity index (χ0) is 30.4. The molecule has 9 heteroatoms. The first-order chi connectivity index (χ1) is 20.5. The van der Waals surface area contributed by atoms with Gasteiger partial charge in [-0.2, -0.15) is 0 Å². The molecule has 4 aromatic rings. The molecule has 1 aliphatic carbocycles. The first-order valence-electron chi connectivity index (χ1n) is 14.3. The zero-order valence-electron chi connectivity index (χ0n) is 24.3. The molecule has 222 valence electrons. The van der Waals surface area contributed by atoms with Crippen molar-refractivity contribution in [3.05, 3.63) is 95.7 Å². The number of carbonyl (C=O) groups is 3. The number of rotatable bonds is 7. The van der Waals surface area contributed by atoms with E-state index in [-0.39, 0.29) is 32.0 Å². The van der Waals surface area contributed by atoms with E-state index in [0.29, 0.717) is 11.3 Å². The maximum absolute atomic E-state index is 13.7. The van der Waals surface area contributed by atoms with E-state index in [9.17, 15) is 19.5 Å². The van der Waals surface area contributed by atoms with Crippen LogP contribution in [0.2, 0.25) is 0 Å². The summed E-state index contributed by atoms with van der Waals surface area (Å²) in [4.78, 5) is 41.0. The van der Waals surface area contributed by atoms with Gasteiger partial charge in [-0.3, -0.25) is 15.0 Å². The van der Waals surface area contributed by atoms with Crippen molar-refractivity contribution < 1.29 is 33.4 Å². The molecule has 2 heterocycles. The molecule has 1 fully saturated rings. The van der Waals surface area contributed by atoms with E-state index in [2.05, 4.69) is 5.32 Å². The van der Waals surface area contributed by atoms with Gasteiger partial charge in [-0.15, -0.1) is 0 Å². The molecule has 0 saturated carbocycles. The molecule has 6 rings (SSSR count). The molecule has 0 bridgehead atoms. The molecule has 0 spiro atoms. The highest BCUT2D eigenvalue weighted by Gasteiger charge is 2.55. The molecule has 2 N–H and O–H groups in total. The molecule has 1 amide bonds. The van der Waals surface area contributed by atoms with Crippen LogP contribution < -0.4 is 5.32 Å². The number of furan rings is 1. The number of nitrogens with one attached hydrogen (secondary N) is 1. The Balaban J connectivity index is 1.24. The van der Waals surface area contributed by atoms with Crippen molar-refractivity contribution in [2.24, 2.45) is 0 Å². The van der Waals surface area contributed by atoms with Gasteiger partial charge >= 0.3 is 18.0 Å². The first kappa shape index (κ1) is 28.5. The van der Waals surface area contributed by atoms with Gasteiger partial charge < -0.3 is 19.0 Å². The summed E-state index contributed by atoms with van der Waals surface area (Å²) < 4.78 is 17.3. The summed E-state index contributed by atoms with van der Waals surface area (Å²) in [6.07, 6.45) is -0.965. The van der Waals surface area contributed by atoms with E-state index in [4.69, 9.17) is 13.9 Å². The summed E-state index contributed by atoms with van der Waals surface area (Å²) in [6, 6.07) is 24.1. The third kappa shape index (κ3) is 5.48. The minimum absolute atomic E-state index is 0.0386. The van der Waals surface area contributed by atoms with Gasteiger partial charge in [-0.05, 0) is 55.2 Å². The Morgan fingerprint density at radius 3 is 2.23 bits per heavy atom. The van der Waals surface area contributed by atoms with Crippen LogP contribution in [-0.4, -0.2) is 58.4 Å². The number of para-hydroxylation sites is 1. The first-order valence-corrected chi connectivity index (χ1v) is 14.3. The van der Waals surface area contributed by atoms with Crippen molar-refractivity contribution >= 4 is 29.0 Å². The second kappa shape index (κ2) is 10.9. The quantitative estimate of drug-likeness (QED) is 0.266. The normalized spacial score (nSPS) is 19.7. The second-order valence-electron chi connectivity index (χ2n) is 12.2. The Labute approximate surface area is 249 Å². The Morgan fingerprint density at radius 1 is 0.977 bits per heavy atom. The number of benzene rings is 3. The van der Waals surface area contributed by atoms with E-state index < -0.39 is 35.2 Å². The topological polar surface area (TPSA) is 118 Å². The highest BCUT2D eigenvalue weighted by atomic mass is 16.6. The van der Waals surface area contributed by atoms with Crippen molar-refractivity contribution in [2.45, 2.75) is 56.8 Å². The number of aliphatic carboxylic acids is 1.